The number of esters is 2. The van der Waals surface area contributed by atoms with Gasteiger partial charge in [0.2, 0.25) is 0 Å². The lowest BCUT2D eigenvalue weighted by molar-refractivity contribution is -0.940. The molecule has 232 valence electrons. The van der Waals surface area contributed by atoms with Crippen molar-refractivity contribution in [3.63, 3.8) is 0 Å². The molecular formula is C34H57N2O5+. The van der Waals surface area contributed by atoms with E-state index in [1.54, 1.807) is 6.92 Å². The minimum absolute atomic E-state index is 0.0176. The van der Waals surface area contributed by atoms with Crippen LogP contribution in [0.1, 0.15) is 98.3 Å². The van der Waals surface area contributed by atoms with E-state index in [4.69, 9.17) is 14.2 Å². The Balaban J connectivity index is 1.29. The number of carbonyl (C=O) groups is 2. The second kappa shape index (κ2) is 11.4. The highest BCUT2D eigenvalue weighted by Gasteiger charge is 2.67. The number of nitrogens with zero attached hydrogens (tertiary/aromatic N) is 1. The van der Waals surface area contributed by atoms with Gasteiger partial charge in [-0.2, -0.15) is 0 Å². The standard InChI is InChI=1S/C34H57N2O5/c1-6-31(38)41-32-28(36(5)15-8-7-9-16-36)19-27-24-11-10-23-18-29(40-22(2)37)25(30-21-35-14-17-39-30)20-34(23,4)26(24)12-13-33(27,32)3/h23-30,32,35H,6-21H2,1-5H3/q+1/t23?,24-,25?,26-,27+,28?,29?,30?,32?,33+,34+/m1/s1. The number of carbonyl (C=O) groups excluding carboxylic acids is 2. The zero-order valence-electron chi connectivity index (χ0n) is 26.5. The van der Waals surface area contributed by atoms with E-state index in [0.29, 0.717) is 36.1 Å². The number of nitrogens with one attached hydrogen (secondary N) is 1. The maximum atomic E-state index is 12.9. The monoisotopic (exact) mass is 573 g/mol. The van der Waals surface area contributed by atoms with Crippen molar-refractivity contribution >= 4 is 11.9 Å². The van der Waals surface area contributed by atoms with Crippen LogP contribution in [0.25, 0.3) is 0 Å². The molecule has 1 N–H and O–H groups in total. The van der Waals surface area contributed by atoms with Gasteiger partial charge >= 0.3 is 11.9 Å². The third-order valence-corrected chi connectivity index (χ3v) is 13.6. The van der Waals surface area contributed by atoms with Crippen molar-refractivity contribution in [2.75, 3.05) is 39.8 Å². The topological polar surface area (TPSA) is 73.9 Å². The number of likely N-dealkylation sites (N-methyl/N-ethyl adjacent to an activating group) is 1. The van der Waals surface area contributed by atoms with E-state index in [0.717, 1.165) is 43.4 Å². The Hall–Kier alpha value is -1.18. The average molecular weight is 574 g/mol. The van der Waals surface area contributed by atoms with E-state index in [-0.39, 0.29) is 47.0 Å². The van der Waals surface area contributed by atoms with Crippen molar-refractivity contribution < 1.29 is 28.3 Å². The first-order chi connectivity index (χ1) is 19.6. The molecule has 0 bridgehead atoms. The van der Waals surface area contributed by atoms with Crippen LogP contribution in [0, 0.1) is 40.4 Å². The molecule has 6 unspecified atom stereocenters. The average Bonchev–Trinajstić information content (AvgIpc) is 3.26. The van der Waals surface area contributed by atoms with Crippen LogP contribution in [0.2, 0.25) is 0 Å². The third kappa shape index (κ3) is 5.18. The van der Waals surface area contributed by atoms with Gasteiger partial charge in [-0.15, -0.1) is 0 Å². The van der Waals surface area contributed by atoms with Crippen molar-refractivity contribution in [1.29, 1.82) is 0 Å². The maximum absolute atomic E-state index is 12.9. The van der Waals surface area contributed by atoms with E-state index in [9.17, 15) is 9.59 Å². The number of quaternary nitrogens is 1. The van der Waals surface area contributed by atoms with Gasteiger partial charge in [0, 0.05) is 44.2 Å². The largest absolute Gasteiger partial charge is 0.462 e. The van der Waals surface area contributed by atoms with Crippen LogP contribution in [0.3, 0.4) is 0 Å². The number of likely N-dealkylation sites (tertiary alicyclic amines) is 1. The molecule has 6 fully saturated rings. The second-order valence-electron chi connectivity index (χ2n) is 15.6. The summed E-state index contributed by atoms with van der Waals surface area (Å²) in [7, 11) is 2.46. The molecule has 0 aromatic carbocycles. The molecular weight excluding hydrogens is 516 g/mol. The molecule has 2 heterocycles. The lowest BCUT2D eigenvalue weighted by Crippen LogP contribution is -2.61. The summed E-state index contributed by atoms with van der Waals surface area (Å²) in [4.78, 5) is 25.0. The Labute approximate surface area is 248 Å². The first-order valence-electron chi connectivity index (χ1n) is 17.1. The Morgan fingerprint density at radius 1 is 0.976 bits per heavy atom. The molecule has 2 saturated heterocycles. The third-order valence-electron chi connectivity index (χ3n) is 13.6. The second-order valence-corrected chi connectivity index (χ2v) is 15.6. The summed E-state index contributed by atoms with van der Waals surface area (Å²) in [5.41, 5.74) is 0.285. The van der Waals surface area contributed by atoms with Gasteiger partial charge in [-0.25, -0.2) is 0 Å². The number of rotatable bonds is 5. The van der Waals surface area contributed by atoms with Gasteiger partial charge in [0.15, 0.2) is 6.10 Å². The van der Waals surface area contributed by atoms with Gasteiger partial charge in [-0.3, -0.25) is 9.59 Å². The van der Waals surface area contributed by atoms with Gasteiger partial charge in [0.05, 0.1) is 32.8 Å². The molecule has 6 rings (SSSR count). The summed E-state index contributed by atoms with van der Waals surface area (Å²) < 4.78 is 19.9. The van der Waals surface area contributed by atoms with E-state index in [1.165, 1.54) is 58.0 Å². The van der Waals surface area contributed by atoms with Crippen molar-refractivity contribution in [2.24, 2.45) is 40.4 Å². The van der Waals surface area contributed by atoms with E-state index in [1.807, 2.05) is 6.92 Å². The quantitative estimate of drug-likeness (QED) is 0.364. The molecule has 0 amide bonds. The minimum atomic E-state index is -0.159. The summed E-state index contributed by atoms with van der Waals surface area (Å²) in [5, 5.41) is 3.54. The molecule has 41 heavy (non-hydrogen) atoms. The first kappa shape index (κ1) is 29.9. The van der Waals surface area contributed by atoms with Crippen molar-refractivity contribution in [3.05, 3.63) is 0 Å². The molecule has 2 aliphatic heterocycles. The molecule has 11 atom stereocenters. The van der Waals surface area contributed by atoms with Gasteiger partial charge < -0.3 is 24.0 Å². The normalized spacial score (nSPS) is 47.4. The summed E-state index contributed by atoms with van der Waals surface area (Å²) in [5.74, 6) is 2.60. The van der Waals surface area contributed by atoms with Crippen molar-refractivity contribution in [3.8, 4) is 0 Å². The van der Waals surface area contributed by atoms with Crippen LogP contribution in [0.5, 0.6) is 0 Å². The predicted molar refractivity (Wildman–Crippen MR) is 158 cm³/mol. The zero-order chi connectivity index (χ0) is 29.0. The number of morpholine rings is 1. The number of hydrogen-bond acceptors (Lipinski definition) is 6. The fourth-order valence-corrected chi connectivity index (χ4v) is 11.5. The van der Waals surface area contributed by atoms with Crippen LogP contribution in [0.4, 0.5) is 0 Å². The van der Waals surface area contributed by atoms with Crippen LogP contribution in [-0.4, -0.2) is 80.6 Å². The lowest BCUT2D eigenvalue weighted by atomic mass is 9.44. The zero-order valence-corrected chi connectivity index (χ0v) is 26.5. The Kier molecular flexibility index (Phi) is 8.30. The Morgan fingerprint density at radius 3 is 2.44 bits per heavy atom. The van der Waals surface area contributed by atoms with Crippen LogP contribution >= 0.6 is 0 Å². The molecule has 0 aromatic heterocycles. The highest BCUT2D eigenvalue weighted by atomic mass is 16.6. The molecule has 0 aromatic rings. The summed E-state index contributed by atoms with van der Waals surface area (Å²) in [6.45, 7) is 13.5. The maximum Gasteiger partial charge on any atom is 0.306 e. The van der Waals surface area contributed by atoms with Crippen molar-refractivity contribution in [2.45, 2.75) is 123 Å². The van der Waals surface area contributed by atoms with E-state index < -0.39 is 0 Å². The predicted octanol–water partition coefficient (Wildman–Crippen LogP) is 5.11. The Bertz CT molecular complexity index is 976. The molecule has 7 nitrogen and oxygen atoms in total. The van der Waals surface area contributed by atoms with Crippen LogP contribution < -0.4 is 5.32 Å². The molecule has 0 radical (unpaired) electrons. The van der Waals surface area contributed by atoms with E-state index >= 15 is 0 Å². The first-order valence-corrected chi connectivity index (χ1v) is 17.1. The molecule has 7 heteroatoms. The number of piperidine rings is 1. The summed E-state index contributed by atoms with van der Waals surface area (Å²) in [6, 6.07) is 0.416. The van der Waals surface area contributed by atoms with Gasteiger partial charge in [-0.05, 0) is 86.9 Å². The fraction of sp³-hybridized carbons (Fsp3) is 0.941. The fourth-order valence-electron chi connectivity index (χ4n) is 11.5. The lowest BCUT2D eigenvalue weighted by Gasteiger charge is -2.62. The van der Waals surface area contributed by atoms with Gasteiger partial charge in [0.1, 0.15) is 12.1 Å². The van der Waals surface area contributed by atoms with Crippen LogP contribution in [-0.2, 0) is 23.8 Å². The summed E-state index contributed by atoms with van der Waals surface area (Å²) >= 11 is 0. The molecule has 0 spiro atoms. The number of fused-ring (bicyclic) bond motifs is 5. The van der Waals surface area contributed by atoms with Gasteiger partial charge in [0.25, 0.3) is 0 Å². The van der Waals surface area contributed by atoms with Gasteiger partial charge in [-0.1, -0.05) is 20.8 Å². The SMILES string of the molecule is CCC(=O)OC1C([N+]2(C)CCCCC2)C[C@H]2[C@@H]3CCC4CC(OC(C)=O)C(C5CNCCO5)C[C@]4(C)[C@@H]3CC[C@]12C. The smallest absolute Gasteiger partial charge is 0.306 e. The highest BCUT2D eigenvalue weighted by Crippen LogP contribution is 2.68. The number of hydrogen-bond donors (Lipinski definition) is 1. The molecule has 6 aliphatic rings. The minimum Gasteiger partial charge on any atom is -0.462 e. The van der Waals surface area contributed by atoms with Crippen molar-refractivity contribution in [1.82, 2.24) is 5.32 Å². The van der Waals surface area contributed by atoms with E-state index in [2.05, 4.69) is 26.2 Å². The Morgan fingerprint density at radius 2 is 1.76 bits per heavy atom. The molecule has 4 saturated carbocycles. The number of ether oxygens (including phenoxy) is 3. The highest BCUT2D eigenvalue weighted by molar-refractivity contribution is 5.69. The summed E-state index contributed by atoms with van der Waals surface area (Å²) in [6.07, 6.45) is 12.6. The van der Waals surface area contributed by atoms with Crippen LogP contribution in [0.15, 0.2) is 0 Å². The molecule has 4 aliphatic carbocycles.